The number of hydrogen-bond donors (Lipinski definition) is 1. The molecule has 5 nitrogen and oxygen atoms in total. The Balaban J connectivity index is 1.24. The van der Waals surface area contributed by atoms with Crippen LogP contribution < -0.4 is 4.74 Å². The number of benzene rings is 1. The number of aliphatic carboxylic acids is 1. The van der Waals surface area contributed by atoms with E-state index in [9.17, 15) is 14.7 Å². The summed E-state index contributed by atoms with van der Waals surface area (Å²) < 4.78 is 21.6. The molecule has 6 heteroatoms. The van der Waals surface area contributed by atoms with E-state index in [2.05, 4.69) is 0 Å². The number of hydrogen-bond acceptors (Lipinski definition) is 3. The van der Waals surface area contributed by atoms with E-state index in [0.29, 0.717) is 31.2 Å². The lowest BCUT2D eigenvalue weighted by Gasteiger charge is -2.56. The lowest BCUT2D eigenvalue weighted by Crippen LogP contribution is -2.48. The molecule has 0 aromatic heterocycles. The largest absolute Gasteiger partial charge is 0.493 e. The van der Waals surface area contributed by atoms with Crippen molar-refractivity contribution in [2.45, 2.75) is 76.7 Å². The molecule has 1 saturated heterocycles. The van der Waals surface area contributed by atoms with Crippen LogP contribution in [0.5, 0.6) is 5.75 Å². The molecule has 1 aromatic carbocycles. The van der Waals surface area contributed by atoms with Crippen LogP contribution in [-0.4, -0.2) is 41.1 Å². The van der Waals surface area contributed by atoms with Crippen LogP contribution in [0.15, 0.2) is 12.1 Å². The van der Waals surface area contributed by atoms with Crippen LogP contribution >= 0.6 is 0 Å². The number of rotatable bonds is 6. The number of carbonyl (C=O) groups excluding carboxylic acids is 1. The molecule has 5 saturated carbocycles. The fourth-order valence-electron chi connectivity index (χ4n) is 7.93. The summed E-state index contributed by atoms with van der Waals surface area (Å²) in [6.45, 7) is 2.92. The molecule has 2 unspecified atom stereocenters. The first-order valence-corrected chi connectivity index (χ1v) is 12.8. The Kier molecular flexibility index (Phi) is 5.00. The SMILES string of the molecule is CC1CC(C(=O)O)N(C(=O)c2cc(C3CC3)c(OCC34CC5CC(CC(C5)C3)C4)cc2F)C1. The van der Waals surface area contributed by atoms with E-state index >= 15 is 4.39 Å². The maximum atomic E-state index is 15.3. The van der Waals surface area contributed by atoms with Crippen LogP contribution in [0, 0.1) is 34.9 Å². The van der Waals surface area contributed by atoms with Crippen LogP contribution in [-0.2, 0) is 4.79 Å². The Bertz CT molecular complexity index is 951. The maximum absolute atomic E-state index is 15.3. The Morgan fingerprint density at radius 1 is 1.09 bits per heavy atom. The minimum atomic E-state index is -1.02. The van der Waals surface area contributed by atoms with Crippen molar-refractivity contribution in [2.75, 3.05) is 13.2 Å². The predicted molar refractivity (Wildman–Crippen MR) is 121 cm³/mol. The first-order chi connectivity index (χ1) is 15.8. The topological polar surface area (TPSA) is 66.8 Å². The third kappa shape index (κ3) is 3.83. The summed E-state index contributed by atoms with van der Waals surface area (Å²) in [6.07, 6.45) is 10.3. The fourth-order valence-corrected chi connectivity index (χ4v) is 7.93. The average molecular weight is 456 g/mol. The zero-order chi connectivity index (χ0) is 22.9. The first-order valence-electron chi connectivity index (χ1n) is 12.8. The summed E-state index contributed by atoms with van der Waals surface area (Å²) >= 11 is 0. The minimum absolute atomic E-state index is 0.0144. The van der Waals surface area contributed by atoms with E-state index in [-0.39, 0.29) is 16.9 Å². The lowest BCUT2D eigenvalue weighted by molar-refractivity contribution is -0.141. The predicted octanol–water partition coefficient (Wildman–Crippen LogP) is 5.23. The zero-order valence-corrected chi connectivity index (χ0v) is 19.4. The average Bonchev–Trinajstić information content (AvgIpc) is 3.51. The number of likely N-dealkylation sites (tertiary alicyclic amines) is 1. The number of carboxylic acid groups (broad SMARTS) is 1. The minimum Gasteiger partial charge on any atom is -0.493 e. The van der Waals surface area contributed by atoms with E-state index in [4.69, 9.17) is 4.74 Å². The molecular weight excluding hydrogens is 421 g/mol. The van der Waals surface area contributed by atoms with Gasteiger partial charge in [0.2, 0.25) is 0 Å². The quantitative estimate of drug-likeness (QED) is 0.638. The molecule has 1 amide bonds. The molecule has 1 heterocycles. The molecule has 33 heavy (non-hydrogen) atoms. The number of ether oxygens (including phenoxy) is 1. The molecule has 1 aliphatic heterocycles. The molecule has 1 aromatic rings. The highest BCUT2D eigenvalue weighted by atomic mass is 19.1. The van der Waals surface area contributed by atoms with E-state index in [1.165, 1.54) is 49.5 Å². The van der Waals surface area contributed by atoms with Crippen LogP contribution in [0.1, 0.15) is 86.6 Å². The van der Waals surface area contributed by atoms with Crippen molar-refractivity contribution in [3.63, 3.8) is 0 Å². The highest BCUT2D eigenvalue weighted by Crippen LogP contribution is 2.60. The molecule has 2 atom stereocenters. The van der Waals surface area contributed by atoms with Gasteiger partial charge < -0.3 is 14.7 Å². The number of carboxylic acids is 1. The number of carbonyl (C=O) groups is 2. The van der Waals surface area contributed by atoms with Gasteiger partial charge in [0.15, 0.2) is 0 Å². The number of halogens is 1. The third-order valence-electron chi connectivity index (χ3n) is 9.10. The Morgan fingerprint density at radius 3 is 2.30 bits per heavy atom. The third-order valence-corrected chi connectivity index (χ3v) is 9.10. The van der Waals surface area contributed by atoms with Crippen molar-refractivity contribution >= 4 is 11.9 Å². The second-order valence-corrected chi connectivity index (χ2v) is 12.0. The monoisotopic (exact) mass is 455 g/mol. The summed E-state index contributed by atoms with van der Waals surface area (Å²) in [5.41, 5.74) is 1.14. The van der Waals surface area contributed by atoms with Gasteiger partial charge in [-0.25, -0.2) is 9.18 Å². The highest BCUT2D eigenvalue weighted by Gasteiger charge is 2.51. The molecule has 1 N–H and O–H groups in total. The summed E-state index contributed by atoms with van der Waals surface area (Å²) in [6, 6.07) is 2.17. The summed E-state index contributed by atoms with van der Waals surface area (Å²) in [4.78, 5) is 26.2. The van der Waals surface area contributed by atoms with Gasteiger partial charge in [-0.1, -0.05) is 6.92 Å². The molecule has 6 fully saturated rings. The second-order valence-electron chi connectivity index (χ2n) is 12.0. The van der Waals surface area contributed by atoms with Crippen molar-refractivity contribution in [1.82, 2.24) is 4.90 Å². The van der Waals surface area contributed by atoms with Crippen LogP contribution in [0.25, 0.3) is 0 Å². The van der Waals surface area contributed by atoms with Crippen molar-refractivity contribution in [1.29, 1.82) is 0 Å². The highest BCUT2D eigenvalue weighted by molar-refractivity contribution is 5.97. The van der Waals surface area contributed by atoms with Gasteiger partial charge in [0.25, 0.3) is 5.91 Å². The van der Waals surface area contributed by atoms with Gasteiger partial charge in [0.1, 0.15) is 17.6 Å². The molecule has 7 rings (SSSR count). The van der Waals surface area contributed by atoms with Crippen molar-refractivity contribution in [3.05, 3.63) is 29.1 Å². The van der Waals surface area contributed by atoms with E-state index in [0.717, 1.165) is 36.2 Å². The molecule has 4 bridgehead atoms. The van der Waals surface area contributed by atoms with Gasteiger partial charge in [-0.05, 0) is 99.0 Å². The normalized spacial score (nSPS) is 36.9. The van der Waals surface area contributed by atoms with Gasteiger partial charge in [-0.3, -0.25) is 4.79 Å². The van der Waals surface area contributed by atoms with Gasteiger partial charge in [-0.15, -0.1) is 0 Å². The standard InChI is InChI=1S/C27H34FNO4/c1-15-4-23(26(31)32)29(13-15)25(30)21-8-20(19-2-3-19)24(9-22(21)28)33-14-27-10-16-5-17(11-27)7-18(6-16)12-27/h8-9,15-19,23H,2-7,10-14H2,1H3,(H,31,32). The van der Waals surface area contributed by atoms with Crippen LogP contribution in [0.4, 0.5) is 4.39 Å². The van der Waals surface area contributed by atoms with Gasteiger partial charge >= 0.3 is 5.97 Å². The van der Waals surface area contributed by atoms with Gasteiger partial charge in [0.05, 0.1) is 12.2 Å². The molecule has 6 aliphatic rings. The number of nitrogens with zero attached hydrogens (tertiary/aromatic N) is 1. The van der Waals surface area contributed by atoms with Crippen LogP contribution in [0.2, 0.25) is 0 Å². The Hall–Kier alpha value is -2.11. The van der Waals surface area contributed by atoms with E-state index in [1.54, 1.807) is 6.07 Å². The van der Waals surface area contributed by atoms with Gasteiger partial charge in [-0.2, -0.15) is 0 Å². The smallest absolute Gasteiger partial charge is 0.326 e. The van der Waals surface area contributed by atoms with Gasteiger partial charge in [0, 0.05) is 18.0 Å². The Labute approximate surface area is 194 Å². The molecule has 178 valence electrons. The number of amides is 1. The van der Waals surface area contributed by atoms with Crippen molar-refractivity contribution < 1.29 is 23.8 Å². The zero-order valence-electron chi connectivity index (χ0n) is 19.4. The molecule has 0 radical (unpaired) electrons. The maximum Gasteiger partial charge on any atom is 0.326 e. The fraction of sp³-hybridized carbons (Fsp3) is 0.704. The van der Waals surface area contributed by atoms with Crippen LogP contribution in [0.3, 0.4) is 0 Å². The van der Waals surface area contributed by atoms with Crippen molar-refractivity contribution in [3.8, 4) is 5.75 Å². The van der Waals surface area contributed by atoms with E-state index < -0.39 is 23.7 Å². The molecular formula is C27H34FNO4. The first kappa shape index (κ1) is 21.4. The molecule has 0 spiro atoms. The molecule has 5 aliphatic carbocycles. The summed E-state index contributed by atoms with van der Waals surface area (Å²) in [7, 11) is 0. The second kappa shape index (κ2) is 7.71. The van der Waals surface area contributed by atoms with Crippen molar-refractivity contribution in [2.24, 2.45) is 29.1 Å². The summed E-state index contributed by atoms with van der Waals surface area (Å²) in [5, 5.41) is 9.54. The summed E-state index contributed by atoms with van der Waals surface area (Å²) in [5.74, 6) is 1.35. The Morgan fingerprint density at radius 2 is 1.73 bits per heavy atom. The lowest BCUT2D eigenvalue weighted by atomic mass is 9.50. The van der Waals surface area contributed by atoms with E-state index in [1.807, 2.05) is 6.92 Å².